The summed E-state index contributed by atoms with van der Waals surface area (Å²) in [6.07, 6.45) is 0. The molecular weight excluding hydrogens is 625 g/mol. The summed E-state index contributed by atoms with van der Waals surface area (Å²) in [7, 11) is 0. The molecule has 0 N–H and O–H groups in total. The number of aromatic nitrogens is 1. The van der Waals surface area contributed by atoms with Crippen molar-refractivity contribution < 1.29 is 13.3 Å². The maximum Gasteiger partial charge on any atom is 0.137 e. The number of fused-ring (bicyclic) bond motifs is 11. The van der Waals surface area contributed by atoms with Crippen molar-refractivity contribution in [2.75, 3.05) is 4.90 Å². The highest BCUT2D eigenvalue weighted by Crippen LogP contribution is 2.45. The van der Waals surface area contributed by atoms with Gasteiger partial charge in [0.05, 0.1) is 10.2 Å². The number of hydrogen-bond acceptors (Lipinski definition) is 6. The van der Waals surface area contributed by atoms with Crippen molar-refractivity contribution in [3.63, 3.8) is 0 Å². The Kier molecular flexibility index (Phi) is 5.48. The molecule has 0 saturated heterocycles. The van der Waals surface area contributed by atoms with E-state index in [-0.39, 0.29) is 0 Å². The minimum Gasteiger partial charge on any atom is -0.456 e. The summed E-state index contributed by atoms with van der Waals surface area (Å²) in [6.45, 7) is 0. The van der Waals surface area contributed by atoms with Gasteiger partial charge in [-0.25, -0.2) is 4.98 Å². The van der Waals surface area contributed by atoms with Crippen molar-refractivity contribution >= 4 is 104 Å². The summed E-state index contributed by atoms with van der Waals surface area (Å²) in [5.41, 5.74) is 10.3. The van der Waals surface area contributed by atoms with Crippen LogP contribution in [0.3, 0.4) is 0 Å². The normalized spacial score (nSPS) is 12.1. The van der Waals surface area contributed by atoms with Gasteiger partial charge in [-0.1, -0.05) is 66.7 Å². The minimum atomic E-state index is 0.841. The van der Waals surface area contributed by atoms with Crippen molar-refractivity contribution in [1.82, 2.24) is 4.98 Å². The second-order valence-electron chi connectivity index (χ2n) is 12.3. The first kappa shape index (κ1) is 26.7. The van der Waals surface area contributed by atoms with Crippen LogP contribution in [0.2, 0.25) is 0 Å². The second kappa shape index (κ2) is 10.1. The van der Waals surface area contributed by atoms with Crippen molar-refractivity contribution in [3.05, 3.63) is 146 Å². The third-order valence-electron chi connectivity index (χ3n) is 9.49. The van der Waals surface area contributed by atoms with Crippen LogP contribution in [-0.4, -0.2) is 4.98 Å². The summed E-state index contributed by atoms with van der Waals surface area (Å²) in [5, 5.41) is 7.46. The SMILES string of the molecule is c1ccc(-c2nc3ccc4oc5ccc(N(c6ccc7oc8ccccc8c7c6)c6ccc7oc8ccccc8c7c6)cc5c4c3s2)cc1. The summed E-state index contributed by atoms with van der Waals surface area (Å²) < 4.78 is 20.0. The third-order valence-corrected chi connectivity index (χ3v) is 10.6. The molecule has 230 valence electrons. The fourth-order valence-electron chi connectivity index (χ4n) is 7.23. The lowest BCUT2D eigenvalue weighted by Gasteiger charge is -2.25. The number of rotatable bonds is 4. The number of furan rings is 3. The summed E-state index contributed by atoms with van der Waals surface area (Å²) in [5.74, 6) is 0. The lowest BCUT2D eigenvalue weighted by molar-refractivity contribution is 0.668. The maximum atomic E-state index is 6.45. The van der Waals surface area contributed by atoms with E-state index < -0.39 is 0 Å². The first-order valence-corrected chi connectivity index (χ1v) is 17.0. The van der Waals surface area contributed by atoms with E-state index in [1.165, 1.54) is 0 Å². The highest BCUT2D eigenvalue weighted by Gasteiger charge is 2.21. The molecule has 4 aromatic heterocycles. The van der Waals surface area contributed by atoms with Gasteiger partial charge >= 0.3 is 0 Å². The Morgan fingerprint density at radius 2 is 0.918 bits per heavy atom. The quantitative estimate of drug-likeness (QED) is 0.190. The number of thiazole rings is 1. The predicted octanol–water partition coefficient (Wildman–Crippen LogP) is 13.1. The Balaban J connectivity index is 1.16. The van der Waals surface area contributed by atoms with Crippen molar-refractivity contribution in [3.8, 4) is 10.6 Å². The Bertz CT molecular complexity index is 2960. The molecular formula is C43H24N2O3S. The average molecular weight is 649 g/mol. The average Bonchev–Trinajstić information content (AvgIpc) is 3.93. The van der Waals surface area contributed by atoms with E-state index in [1.54, 1.807) is 11.3 Å². The fraction of sp³-hybridized carbons (Fsp3) is 0. The van der Waals surface area contributed by atoms with Crippen molar-refractivity contribution in [2.45, 2.75) is 0 Å². The van der Waals surface area contributed by atoms with Gasteiger partial charge < -0.3 is 18.2 Å². The highest BCUT2D eigenvalue weighted by molar-refractivity contribution is 7.22. The van der Waals surface area contributed by atoms with E-state index >= 15 is 0 Å². The van der Waals surface area contributed by atoms with E-state index in [1.807, 2.05) is 36.4 Å². The van der Waals surface area contributed by atoms with Crippen LogP contribution < -0.4 is 4.90 Å². The van der Waals surface area contributed by atoms with Crippen LogP contribution in [0.25, 0.3) is 86.6 Å². The Hall–Kier alpha value is -6.37. The van der Waals surface area contributed by atoms with Crippen molar-refractivity contribution in [1.29, 1.82) is 0 Å². The number of benzene rings is 7. The van der Waals surface area contributed by atoms with Crippen LogP contribution in [0.1, 0.15) is 0 Å². The standard InChI is InChI=1S/C43H24N2O3S/c1-2-8-25(9-3-1)43-44-34-17-21-40-41(42(34)49-43)33-24-28(16-20-39(33)48-40)45(26-14-18-37-31(22-26)29-10-4-6-12-35(29)46-37)27-15-19-38-32(23-27)30-11-5-7-13-36(30)47-38/h1-24H. The Labute approximate surface area is 282 Å². The van der Waals surface area contributed by atoms with Gasteiger partial charge in [0.25, 0.3) is 0 Å². The lowest BCUT2D eigenvalue weighted by atomic mass is 10.1. The zero-order valence-electron chi connectivity index (χ0n) is 25.9. The molecule has 0 bridgehead atoms. The molecule has 0 aliphatic heterocycles. The van der Waals surface area contributed by atoms with Gasteiger partial charge in [0, 0.05) is 54.9 Å². The van der Waals surface area contributed by atoms with Crippen LogP contribution in [0.4, 0.5) is 17.1 Å². The molecule has 0 aliphatic rings. The van der Waals surface area contributed by atoms with E-state index in [4.69, 9.17) is 18.2 Å². The molecule has 5 nitrogen and oxygen atoms in total. The summed E-state index contributed by atoms with van der Waals surface area (Å²) in [6, 6.07) is 50.2. The van der Waals surface area contributed by atoms with Gasteiger partial charge in [0.1, 0.15) is 38.5 Å². The molecule has 0 atom stereocenters. The molecule has 0 amide bonds. The van der Waals surface area contributed by atoms with Gasteiger partial charge in [-0.2, -0.15) is 0 Å². The molecule has 0 fully saturated rings. The minimum absolute atomic E-state index is 0.841. The van der Waals surface area contributed by atoms with E-state index in [2.05, 4.69) is 114 Å². The van der Waals surface area contributed by atoms with Gasteiger partial charge in [-0.3, -0.25) is 0 Å². The Morgan fingerprint density at radius 3 is 1.55 bits per heavy atom. The van der Waals surface area contributed by atoms with Gasteiger partial charge in [0.2, 0.25) is 0 Å². The zero-order valence-corrected chi connectivity index (χ0v) is 26.7. The van der Waals surface area contributed by atoms with E-state index in [0.29, 0.717) is 0 Å². The van der Waals surface area contributed by atoms with Crippen molar-refractivity contribution in [2.24, 2.45) is 0 Å². The van der Waals surface area contributed by atoms with E-state index in [0.717, 1.165) is 104 Å². The molecule has 11 rings (SSSR count). The molecule has 0 spiro atoms. The largest absolute Gasteiger partial charge is 0.456 e. The highest BCUT2D eigenvalue weighted by atomic mass is 32.1. The fourth-order valence-corrected chi connectivity index (χ4v) is 8.35. The van der Waals surface area contributed by atoms with E-state index in [9.17, 15) is 0 Å². The number of nitrogens with zero attached hydrogens (tertiary/aromatic N) is 2. The number of hydrogen-bond donors (Lipinski definition) is 0. The summed E-state index contributed by atoms with van der Waals surface area (Å²) >= 11 is 1.71. The molecule has 11 aromatic rings. The number of para-hydroxylation sites is 2. The lowest BCUT2D eigenvalue weighted by Crippen LogP contribution is -2.09. The Morgan fingerprint density at radius 1 is 0.429 bits per heavy atom. The van der Waals surface area contributed by atoms with Crippen LogP contribution in [0, 0.1) is 0 Å². The van der Waals surface area contributed by atoms with Gasteiger partial charge in [-0.15, -0.1) is 11.3 Å². The van der Waals surface area contributed by atoms with Gasteiger partial charge in [0.15, 0.2) is 0 Å². The summed E-state index contributed by atoms with van der Waals surface area (Å²) in [4.78, 5) is 7.33. The van der Waals surface area contributed by atoms with Crippen LogP contribution in [0.15, 0.2) is 159 Å². The zero-order chi connectivity index (χ0) is 32.1. The molecule has 0 radical (unpaired) electrons. The molecule has 0 aliphatic carbocycles. The molecule has 0 saturated carbocycles. The molecule has 6 heteroatoms. The first-order valence-electron chi connectivity index (χ1n) is 16.2. The van der Waals surface area contributed by atoms with Crippen LogP contribution >= 0.6 is 11.3 Å². The predicted molar refractivity (Wildman–Crippen MR) is 202 cm³/mol. The molecule has 4 heterocycles. The first-order chi connectivity index (χ1) is 24.2. The van der Waals surface area contributed by atoms with Gasteiger partial charge in [-0.05, 0) is 78.9 Å². The topological polar surface area (TPSA) is 55.6 Å². The molecule has 7 aromatic carbocycles. The monoisotopic (exact) mass is 648 g/mol. The number of anilines is 3. The molecule has 0 unspecified atom stereocenters. The van der Waals surface area contributed by atoms with Crippen LogP contribution in [0.5, 0.6) is 0 Å². The smallest absolute Gasteiger partial charge is 0.137 e. The second-order valence-corrected chi connectivity index (χ2v) is 13.3. The van der Waals surface area contributed by atoms with Crippen LogP contribution in [-0.2, 0) is 0 Å². The third kappa shape index (κ3) is 4.01. The maximum absolute atomic E-state index is 6.45. The molecule has 49 heavy (non-hydrogen) atoms.